The Bertz CT molecular complexity index is 1540. The number of anilines is 3. The summed E-state index contributed by atoms with van der Waals surface area (Å²) in [5.41, 5.74) is 8.78. The average molecular weight is 659 g/mol. The molecule has 1 N–H and O–H groups in total. The number of nitrogens with one attached hydrogen (secondary N) is 1. The molecular formula is C36H43IN4. The summed E-state index contributed by atoms with van der Waals surface area (Å²) in [6.45, 7) is 5.56. The van der Waals surface area contributed by atoms with E-state index in [0.29, 0.717) is 6.04 Å². The standard InChI is InChI=1S/C36H43IN4/c1-4-13-27(14-5-2)41(24-25-23-36(25)21-22-37(36)3)35-34(38-26-15-7-6-8-16-26)39-32-30-19-11-9-17-28(30)29-18-10-12-20-31(29)33(32)40-35/h4,6-8,11-13,15-16,19-20,25,27H,5,9-10,14,17-18,21-24H2,1-3H3,(H,38,39)/b13-4-. The van der Waals surface area contributed by atoms with Gasteiger partial charge in [0, 0.05) is 0 Å². The van der Waals surface area contributed by atoms with Crippen molar-refractivity contribution in [3.8, 4) is 0 Å². The van der Waals surface area contributed by atoms with E-state index in [0.717, 1.165) is 82.8 Å². The van der Waals surface area contributed by atoms with Crippen LogP contribution in [0.1, 0.15) is 74.6 Å². The normalized spacial score (nSPS) is 23.9. The van der Waals surface area contributed by atoms with E-state index in [1.807, 2.05) is 0 Å². The molecule has 3 aliphatic carbocycles. The maximum atomic E-state index is 5.66. The number of aromatic nitrogens is 2. The van der Waals surface area contributed by atoms with Crippen molar-refractivity contribution in [2.24, 2.45) is 5.92 Å². The molecule has 5 heteroatoms. The number of fused-ring (bicyclic) bond motifs is 6. The Morgan fingerprint density at radius 2 is 1.76 bits per heavy atom. The second-order valence-corrected chi connectivity index (χ2v) is 18.8. The van der Waals surface area contributed by atoms with E-state index in [9.17, 15) is 0 Å². The zero-order valence-corrected chi connectivity index (χ0v) is 27.0. The predicted molar refractivity (Wildman–Crippen MR) is 185 cm³/mol. The number of alkyl halides is 3. The summed E-state index contributed by atoms with van der Waals surface area (Å²) < 4.78 is 2.26. The Labute approximate surface area is 252 Å². The Hall–Kier alpha value is -2.67. The molecule has 2 aromatic carbocycles. The van der Waals surface area contributed by atoms with Gasteiger partial charge in [0.25, 0.3) is 0 Å². The van der Waals surface area contributed by atoms with Gasteiger partial charge < -0.3 is 0 Å². The predicted octanol–water partition coefficient (Wildman–Crippen LogP) is 9.14. The summed E-state index contributed by atoms with van der Waals surface area (Å²) in [7, 11) is 0. The van der Waals surface area contributed by atoms with Gasteiger partial charge in [0.2, 0.25) is 0 Å². The molecule has 7 rings (SSSR count). The van der Waals surface area contributed by atoms with Gasteiger partial charge >= 0.3 is 254 Å². The minimum absolute atomic E-state index is 0.314. The summed E-state index contributed by atoms with van der Waals surface area (Å²) in [5.74, 6) is 2.72. The van der Waals surface area contributed by atoms with E-state index in [2.05, 4.69) is 95.8 Å². The Morgan fingerprint density at radius 1 is 1.05 bits per heavy atom. The second-order valence-electron chi connectivity index (χ2n) is 12.2. The van der Waals surface area contributed by atoms with Gasteiger partial charge in [0.1, 0.15) is 0 Å². The number of hydrogen-bond donors (Lipinski definition) is 1. The van der Waals surface area contributed by atoms with E-state index in [-0.39, 0.29) is 0 Å². The van der Waals surface area contributed by atoms with Crippen LogP contribution in [0.4, 0.5) is 17.3 Å². The molecule has 1 saturated carbocycles. The third-order valence-electron chi connectivity index (χ3n) is 9.81. The molecule has 1 spiro atoms. The minimum atomic E-state index is -0.779. The van der Waals surface area contributed by atoms with Crippen LogP contribution in [-0.2, 0) is 12.8 Å². The topological polar surface area (TPSA) is 41.1 Å². The molecular weight excluding hydrogens is 615 g/mol. The SMILES string of the molecule is C/C=C\C(CCC)N(CC1CC12CCI2C)c1nc2c3c(c4c(c2nc1Nc1ccccc1)C=CCC4)CCC=C3. The Balaban J connectivity index is 1.43. The molecule has 0 amide bonds. The number of allylic oxidation sites excluding steroid dienone is 3. The van der Waals surface area contributed by atoms with Gasteiger partial charge in [-0.3, -0.25) is 0 Å². The van der Waals surface area contributed by atoms with E-state index < -0.39 is 19.8 Å². The molecule has 4 nitrogen and oxygen atoms in total. The zero-order chi connectivity index (χ0) is 28.0. The summed E-state index contributed by atoms with van der Waals surface area (Å²) >= 11 is -0.779. The molecule has 0 bridgehead atoms. The van der Waals surface area contributed by atoms with E-state index in [1.54, 1.807) is 4.43 Å². The number of nitrogens with zero attached hydrogens (tertiary/aromatic N) is 3. The van der Waals surface area contributed by atoms with Gasteiger partial charge in [0.15, 0.2) is 0 Å². The maximum absolute atomic E-state index is 5.66. The molecule has 1 aliphatic heterocycles. The van der Waals surface area contributed by atoms with Crippen LogP contribution >= 0.6 is 19.8 Å². The first-order valence-electron chi connectivity index (χ1n) is 15.6. The van der Waals surface area contributed by atoms with Gasteiger partial charge in [-0.25, -0.2) is 0 Å². The fourth-order valence-corrected chi connectivity index (χ4v) is 13.4. The molecule has 3 atom stereocenters. The number of rotatable bonds is 9. The quantitative estimate of drug-likeness (QED) is 0.142. The molecule has 214 valence electrons. The van der Waals surface area contributed by atoms with Crippen molar-refractivity contribution in [2.75, 3.05) is 26.1 Å². The number of para-hydroxylation sites is 1. The van der Waals surface area contributed by atoms with Crippen molar-refractivity contribution in [1.29, 1.82) is 0 Å². The van der Waals surface area contributed by atoms with Crippen LogP contribution in [0, 0.1) is 5.92 Å². The fraction of sp³-hybridized carbons (Fsp3) is 0.444. The first-order chi connectivity index (χ1) is 20.1. The summed E-state index contributed by atoms with van der Waals surface area (Å²) in [4.78, 5) is 16.5. The van der Waals surface area contributed by atoms with Crippen LogP contribution in [-0.4, -0.2) is 35.3 Å². The monoisotopic (exact) mass is 658 g/mol. The van der Waals surface area contributed by atoms with E-state index in [4.69, 9.17) is 9.97 Å². The van der Waals surface area contributed by atoms with Crippen molar-refractivity contribution in [1.82, 2.24) is 9.97 Å². The number of halogens is 1. The van der Waals surface area contributed by atoms with Gasteiger partial charge in [-0.1, -0.05) is 0 Å². The van der Waals surface area contributed by atoms with E-state index >= 15 is 0 Å². The summed E-state index contributed by atoms with van der Waals surface area (Å²) in [6, 6.07) is 10.9. The summed E-state index contributed by atoms with van der Waals surface area (Å²) in [6.07, 6.45) is 23.5. The molecule has 2 fully saturated rings. The van der Waals surface area contributed by atoms with Crippen LogP contribution in [0.25, 0.3) is 23.2 Å². The van der Waals surface area contributed by atoms with Crippen molar-refractivity contribution < 1.29 is 0 Å². The van der Waals surface area contributed by atoms with Crippen LogP contribution in [0.3, 0.4) is 0 Å². The third kappa shape index (κ3) is 4.82. The third-order valence-corrected chi connectivity index (χ3v) is 17.5. The number of benzene rings is 2. The fourth-order valence-electron chi connectivity index (χ4n) is 7.44. The van der Waals surface area contributed by atoms with Crippen LogP contribution in [0.5, 0.6) is 0 Å². The first kappa shape index (κ1) is 27.2. The van der Waals surface area contributed by atoms with Crippen LogP contribution < -0.4 is 10.2 Å². The van der Waals surface area contributed by atoms with Gasteiger partial charge in [-0.15, -0.1) is 0 Å². The Morgan fingerprint density at radius 3 is 2.34 bits per heavy atom. The molecule has 1 aromatic heterocycles. The molecule has 0 radical (unpaired) electrons. The van der Waals surface area contributed by atoms with Gasteiger partial charge in [0.05, 0.1) is 0 Å². The van der Waals surface area contributed by atoms with Crippen molar-refractivity contribution in [3.63, 3.8) is 0 Å². The van der Waals surface area contributed by atoms with Crippen molar-refractivity contribution in [3.05, 3.63) is 76.9 Å². The molecule has 3 unspecified atom stereocenters. The second kappa shape index (κ2) is 11.2. The number of hydrogen-bond acceptors (Lipinski definition) is 4. The van der Waals surface area contributed by atoms with E-state index in [1.165, 1.54) is 35.1 Å². The zero-order valence-electron chi connectivity index (χ0n) is 24.8. The van der Waals surface area contributed by atoms with Crippen molar-refractivity contribution in [2.45, 2.75) is 74.7 Å². The molecule has 2 heterocycles. The van der Waals surface area contributed by atoms with Crippen LogP contribution in [0.15, 0.2) is 54.6 Å². The molecule has 1 saturated heterocycles. The molecule has 3 aromatic rings. The van der Waals surface area contributed by atoms with Crippen LogP contribution in [0.2, 0.25) is 0 Å². The Kier molecular flexibility index (Phi) is 7.42. The van der Waals surface area contributed by atoms with Gasteiger partial charge in [-0.2, -0.15) is 0 Å². The average Bonchev–Trinajstić information content (AvgIpc) is 3.76. The molecule has 4 aliphatic rings. The summed E-state index contributed by atoms with van der Waals surface area (Å²) in [5, 5.41) is 3.75. The molecule has 41 heavy (non-hydrogen) atoms. The first-order valence-corrected chi connectivity index (χ1v) is 20.4. The van der Waals surface area contributed by atoms with Gasteiger partial charge in [-0.05, 0) is 0 Å². The van der Waals surface area contributed by atoms with Crippen molar-refractivity contribution >= 4 is 60.3 Å².